The van der Waals surface area contributed by atoms with Crippen LogP contribution in [0.3, 0.4) is 0 Å². The molecule has 4 rings (SSSR count). The molecule has 282 valence electrons. The maximum atomic E-state index is 13.2. The molecule has 0 spiro atoms. The number of nitrogens with one attached hydrogen (secondary N) is 2. The fourth-order valence-corrected chi connectivity index (χ4v) is 5.98. The third kappa shape index (κ3) is 12.8. The van der Waals surface area contributed by atoms with E-state index in [2.05, 4.69) is 73.2 Å². The van der Waals surface area contributed by atoms with Gasteiger partial charge in [-0.25, -0.2) is 9.98 Å². The van der Waals surface area contributed by atoms with Crippen LogP contribution in [0.4, 0.5) is 0 Å². The topological polar surface area (TPSA) is 129 Å². The van der Waals surface area contributed by atoms with Gasteiger partial charge in [0.1, 0.15) is 11.8 Å². The second-order valence-corrected chi connectivity index (χ2v) is 14.9. The Morgan fingerprint density at radius 1 is 0.943 bits per heavy atom. The molecule has 0 heterocycles. The summed E-state index contributed by atoms with van der Waals surface area (Å²) in [5, 5.41) is 14.5. The summed E-state index contributed by atoms with van der Waals surface area (Å²) < 4.78 is 6.22. The zero-order chi connectivity index (χ0) is 38.4. The van der Waals surface area contributed by atoms with Crippen LogP contribution in [-0.2, 0) is 21.4 Å². The van der Waals surface area contributed by atoms with Crippen LogP contribution in [0.2, 0.25) is 0 Å². The van der Waals surface area contributed by atoms with E-state index in [0.29, 0.717) is 17.3 Å². The van der Waals surface area contributed by atoms with E-state index in [1.54, 1.807) is 18.3 Å². The van der Waals surface area contributed by atoms with E-state index >= 15 is 0 Å². The van der Waals surface area contributed by atoms with Crippen LogP contribution in [0, 0.1) is 0 Å². The van der Waals surface area contributed by atoms with Gasteiger partial charge in [0.15, 0.2) is 5.84 Å². The first-order valence-corrected chi connectivity index (χ1v) is 18.9. The van der Waals surface area contributed by atoms with Crippen molar-refractivity contribution in [2.75, 3.05) is 13.2 Å². The summed E-state index contributed by atoms with van der Waals surface area (Å²) in [6.07, 6.45) is 10.2. The van der Waals surface area contributed by atoms with Gasteiger partial charge < -0.3 is 20.5 Å². The molecule has 0 bridgehead atoms. The monoisotopic (exact) mass is 720 g/mol. The van der Waals surface area contributed by atoms with Crippen LogP contribution in [0.5, 0.6) is 5.75 Å². The van der Waals surface area contributed by atoms with Gasteiger partial charge in [-0.15, -0.1) is 0 Å². The molecule has 53 heavy (non-hydrogen) atoms. The maximum Gasteiger partial charge on any atom is 0.305 e. The molecule has 1 aliphatic carbocycles. The van der Waals surface area contributed by atoms with Gasteiger partial charge in [-0.05, 0) is 96.3 Å². The molecule has 1 aliphatic rings. The summed E-state index contributed by atoms with van der Waals surface area (Å²) in [7, 11) is 0. The van der Waals surface area contributed by atoms with Crippen LogP contribution >= 0.6 is 0 Å². The highest BCUT2D eigenvalue weighted by atomic mass is 16.5. The minimum atomic E-state index is -1.02. The number of aliphatic imine (C=N–C) groups is 2. The molecule has 0 unspecified atom stereocenters. The predicted octanol–water partition coefficient (Wildman–Crippen LogP) is 8.65. The van der Waals surface area contributed by atoms with E-state index in [1.165, 1.54) is 44.1 Å². The summed E-state index contributed by atoms with van der Waals surface area (Å²) in [4.78, 5) is 46.3. The number of aliphatic carboxylic acids is 1. The number of rotatable bonds is 19. The Morgan fingerprint density at radius 3 is 2.23 bits per heavy atom. The van der Waals surface area contributed by atoms with Crippen molar-refractivity contribution >= 4 is 35.9 Å². The second-order valence-electron chi connectivity index (χ2n) is 14.9. The van der Waals surface area contributed by atoms with E-state index in [1.807, 2.05) is 43.3 Å². The van der Waals surface area contributed by atoms with E-state index in [4.69, 9.17) is 9.84 Å². The third-order valence-electron chi connectivity index (χ3n) is 9.44. The average Bonchev–Trinajstić information content (AvgIpc) is 3.99. The fraction of sp³-hybridized carbons (Fsp3) is 0.432. The van der Waals surface area contributed by atoms with E-state index in [-0.39, 0.29) is 24.8 Å². The van der Waals surface area contributed by atoms with Crippen molar-refractivity contribution in [2.45, 2.75) is 110 Å². The summed E-state index contributed by atoms with van der Waals surface area (Å²) in [6, 6.07) is 20.2. The van der Waals surface area contributed by atoms with Crippen molar-refractivity contribution in [3.8, 4) is 5.75 Å². The van der Waals surface area contributed by atoms with Gasteiger partial charge in [0, 0.05) is 30.3 Å². The van der Waals surface area contributed by atoms with Crippen molar-refractivity contribution in [3.63, 3.8) is 0 Å². The summed E-state index contributed by atoms with van der Waals surface area (Å²) in [6.45, 7) is 15.0. The van der Waals surface area contributed by atoms with Crippen LogP contribution in [0.25, 0.3) is 5.57 Å². The van der Waals surface area contributed by atoms with Crippen molar-refractivity contribution in [1.82, 2.24) is 10.6 Å². The van der Waals surface area contributed by atoms with Crippen molar-refractivity contribution in [3.05, 3.63) is 106 Å². The average molecular weight is 721 g/mol. The fourth-order valence-electron chi connectivity index (χ4n) is 5.98. The Balaban J connectivity index is 1.45. The van der Waals surface area contributed by atoms with Gasteiger partial charge >= 0.3 is 5.97 Å². The predicted molar refractivity (Wildman–Crippen MR) is 214 cm³/mol. The van der Waals surface area contributed by atoms with Crippen LogP contribution < -0.4 is 15.4 Å². The van der Waals surface area contributed by atoms with E-state index in [0.717, 1.165) is 46.6 Å². The molecule has 1 atom stereocenters. The molecular weight excluding hydrogens is 665 g/mol. The molecule has 0 aliphatic heterocycles. The Kier molecular flexibility index (Phi) is 15.1. The Morgan fingerprint density at radius 2 is 1.60 bits per heavy atom. The lowest BCUT2D eigenvalue weighted by atomic mass is 9.86. The highest BCUT2D eigenvalue weighted by molar-refractivity contribution is 6.02. The SMILES string of the molecule is C=N/C(=N\C=C(/C)c1ccc(OCCCCCCC)c(C2CC2)c1)c1ccc(C[C@H](NC(=O)c2ccc(C(C)(C)C)cc2)C(=O)NCCC(=O)O)cc1. The van der Waals surface area contributed by atoms with Crippen LogP contribution in [0.15, 0.2) is 82.9 Å². The van der Waals surface area contributed by atoms with E-state index < -0.39 is 23.8 Å². The highest BCUT2D eigenvalue weighted by Gasteiger charge is 2.27. The molecule has 0 aromatic heterocycles. The number of amides is 2. The number of hydrogen-bond donors (Lipinski definition) is 3. The summed E-state index contributed by atoms with van der Waals surface area (Å²) in [5.41, 5.74) is 6.35. The third-order valence-corrected chi connectivity index (χ3v) is 9.44. The number of nitrogens with zero attached hydrogens (tertiary/aromatic N) is 2. The van der Waals surface area contributed by atoms with Crippen molar-refractivity contribution < 1.29 is 24.2 Å². The molecule has 0 radical (unpaired) electrons. The molecule has 2 amide bonds. The van der Waals surface area contributed by atoms with E-state index in [9.17, 15) is 14.4 Å². The molecule has 1 fully saturated rings. The Bertz CT molecular complexity index is 1770. The zero-order valence-corrected chi connectivity index (χ0v) is 32.0. The number of benzene rings is 3. The standard InChI is InChI=1S/C44H56N4O5/c1-7-8-9-10-11-26-53-39-23-20-35(28-37(39)32-16-17-32)30(2)29-47-41(45-6)33-14-12-31(13-15-33)27-38(43(52)46-25-24-40(49)50)48-42(51)34-18-21-36(22-19-34)44(3,4)5/h12-15,18-23,28-29,32,38H,6-11,16-17,24-27H2,1-5H3,(H,46,52)(H,48,51)(H,49,50)/b30-29+,47-41-/t38-/m0/s1. The molecule has 3 aromatic carbocycles. The Labute approximate surface area is 315 Å². The minimum absolute atomic E-state index is 0.0451. The molecule has 9 nitrogen and oxygen atoms in total. The number of carboxylic acid groups (broad SMARTS) is 1. The zero-order valence-electron chi connectivity index (χ0n) is 32.0. The molecule has 0 saturated heterocycles. The second kappa shape index (κ2) is 19.7. The molecule has 1 saturated carbocycles. The quantitative estimate of drug-likeness (QED) is 0.0649. The molecule has 3 N–H and O–H groups in total. The summed E-state index contributed by atoms with van der Waals surface area (Å²) in [5.74, 6) is 0.124. The number of carbonyl (C=O) groups is 3. The number of ether oxygens (including phenoxy) is 1. The smallest absolute Gasteiger partial charge is 0.305 e. The van der Waals surface area contributed by atoms with Crippen LogP contribution in [-0.4, -0.2) is 54.6 Å². The van der Waals surface area contributed by atoms with Crippen molar-refractivity contribution in [2.24, 2.45) is 9.98 Å². The Hall–Kier alpha value is -5.05. The lowest BCUT2D eigenvalue weighted by Gasteiger charge is -2.20. The molecular formula is C44H56N4O5. The normalized spacial score (nSPS) is 14.0. The van der Waals surface area contributed by atoms with Gasteiger partial charge in [0.25, 0.3) is 5.91 Å². The highest BCUT2D eigenvalue weighted by Crippen LogP contribution is 2.45. The number of amidine groups is 1. The molecule has 9 heteroatoms. The first-order chi connectivity index (χ1) is 25.4. The molecule has 3 aromatic rings. The van der Waals surface area contributed by atoms with Crippen LogP contribution in [0.1, 0.15) is 130 Å². The number of carboxylic acids is 1. The lowest BCUT2D eigenvalue weighted by Crippen LogP contribution is -2.48. The number of carbonyl (C=O) groups excluding carboxylic acids is 2. The first kappa shape index (κ1) is 40.7. The largest absolute Gasteiger partial charge is 0.493 e. The minimum Gasteiger partial charge on any atom is -0.493 e. The van der Waals surface area contributed by atoms with Gasteiger partial charge in [-0.2, -0.15) is 0 Å². The number of unbranched alkanes of at least 4 members (excludes halogenated alkanes) is 4. The maximum absolute atomic E-state index is 13.2. The van der Waals surface area contributed by atoms with Gasteiger partial charge in [0.2, 0.25) is 5.91 Å². The van der Waals surface area contributed by atoms with Gasteiger partial charge in [-0.1, -0.05) is 95.8 Å². The van der Waals surface area contributed by atoms with Gasteiger partial charge in [-0.3, -0.25) is 14.4 Å². The summed E-state index contributed by atoms with van der Waals surface area (Å²) >= 11 is 0. The van der Waals surface area contributed by atoms with Crippen molar-refractivity contribution in [1.29, 1.82) is 0 Å². The number of hydrogen-bond acceptors (Lipinski definition) is 5. The first-order valence-electron chi connectivity index (χ1n) is 18.9. The number of allylic oxidation sites excluding steroid dienone is 1. The lowest BCUT2D eigenvalue weighted by molar-refractivity contribution is -0.137. The van der Waals surface area contributed by atoms with Gasteiger partial charge in [0.05, 0.1) is 13.0 Å².